The summed E-state index contributed by atoms with van der Waals surface area (Å²) >= 11 is 0. The Morgan fingerprint density at radius 1 is 1.47 bits per heavy atom. The van der Waals surface area contributed by atoms with Gasteiger partial charge in [0.1, 0.15) is 6.26 Å². The summed E-state index contributed by atoms with van der Waals surface area (Å²) in [5.74, 6) is 0.225. The second kappa shape index (κ2) is 4.97. The number of hydrogen-bond donors (Lipinski definition) is 1. The summed E-state index contributed by atoms with van der Waals surface area (Å²) in [5, 5.41) is 2.97. The van der Waals surface area contributed by atoms with Crippen molar-refractivity contribution in [1.82, 2.24) is 10.3 Å². The van der Waals surface area contributed by atoms with Crippen LogP contribution in [0.1, 0.15) is 5.69 Å². The Balaban J connectivity index is 2.32. The summed E-state index contributed by atoms with van der Waals surface area (Å²) in [4.78, 5) is 4.27. The highest BCUT2D eigenvalue weighted by atomic mass is 19.1. The molecular weight excluding hydrogens is 223 g/mol. The molecule has 0 amide bonds. The van der Waals surface area contributed by atoms with E-state index in [9.17, 15) is 4.39 Å². The minimum Gasteiger partial charge on any atom is -0.494 e. The first-order valence-corrected chi connectivity index (χ1v) is 5.17. The van der Waals surface area contributed by atoms with E-state index in [-0.39, 0.29) is 5.75 Å². The quantitative estimate of drug-likeness (QED) is 0.884. The lowest BCUT2D eigenvalue weighted by Crippen LogP contribution is -2.04. The molecule has 0 saturated heterocycles. The number of methoxy groups -OCH3 is 1. The van der Waals surface area contributed by atoms with Crippen LogP contribution in [-0.4, -0.2) is 19.1 Å². The van der Waals surface area contributed by atoms with Gasteiger partial charge in [-0.3, -0.25) is 0 Å². The Hall–Kier alpha value is -1.88. The highest BCUT2D eigenvalue weighted by molar-refractivity contribution is 5.56. The number of oxazole rings is 1. The second-order valence-corrected chi connectivity index (χ2v) is 3.52. The van der Waals surface area contributed by atoms with Gasteiger partial charge in [-0.25, -0.2) is 9.37 Å². The topological polar surface area (TPSA) is 47.3 Å². The molecule has 2 aromatic rings. The molecule has 0 spiro atoms. The maximum absolute atomic E-state index is 13.2. The van der Waals surface area contributed by atoms with Gasteiger partial charge in [-0.15, -0.1) is 0 Å². The van der Waals surface area contributed by atoms with Crippen molar-refractivity contribution in [2.75, 3.05) is 14.2 Å². The van der Waals surface area contributed by atoms with Crippen LogP contribution >= 0.6 is 0 Å². The zero-order valence-corrected chi connectivity index (χ0v) is 9.66. The Kier molecular flexibility index (Phi) is 3.39. The van der Waals surface area contributed by atoms with Crippen molar-refractivity contribution in [3.05, 3.63) is 36.0 Å². The summed E-state index contributed by atoms with van der Waals surface area (Å²) < 4.78 is 23.4. The summed E-state index contributed by atoms with van der Waals surface area (Å²) in [7, 11) is 3.25. The number of aromatic nitrogens is 1. The average Bonchev–Trinajstić information content (AvgIpc) is 2.79. The van der Waals surface area contributed by atoms with E-state index >= 15 is 0 Å². The molecule has 0 saturated carbocycles. The summed E-state index contributed by atoms with van der Waals surface area (Å²) in [6.45, 7) is 0.627. The number of nitrogens with zero attached hydrogens (tertiary/aromatic N) is 1. The Bertz CT molecular complexity index is 511. The molecule has 0 bridgehead atoms. The van der Waals surface area contributed by atoms with Crippen molar-refractivity contribution in [2.24, 2.45) is 0 Å². The molecule has 0 aliphatic rings. The van der Waals surface area contributed by atoms with Gasteiger partial charge in [-0.1, -0.05) is 0 Å². The summed E-state index contributed by atoms with van der Waals surface area (Å²) in [5.41, 5.74) is 1.48. The number of nitrogens with one attached hydrogen (secondary N) is 1. The van der Waals surface area contributed by atoms with Crippen LogP contribution in [0.15, 0.2) is 28.9 Å². The number of rotatable bonds is 4. The van der Waals surface area contributed by atoms with E-state index < -0.39 is 5.82 Å². The van der Waals surface area contributed by atoms with Crippen molar-refractivity contribution in [3.63, 3.8) is 0 Å². The van der Waals surface area contributed by atoms with Gasteiger partial charge in [0.05, 0.1) is 12.8 Å². The number of hydrogen-bond acceptors (Lipinski definition) is 4. The van der Waals surface area contributed by atoms with Crippen LogP contribution in [0, 0.1) is 5.82 Å². The standard InChI is InChI=1S/C12H13FN2O2/c1-14-6-9-7-17-12(15-9)8-3-4-10(13)11(5-8)16-2/h3-5,7,14H,6H2,1-2H3. The molecule has 1 aromatic heterocycles. The third kappa shape index (κ3) is 2.45. The Morgan fingerprint density at radius 2 is 2.29 bits per heavy atom. The molecule has 5 heteroatoms. The van der Waals surface area contributed by atoms with E-state index in [1.807, 2.05) is 7.05 Å². The van der Waals surface area contributed by atoms with E-state index in [2.05, 4.69) is 10.3 Å². The van der Waals surface area contributed by atoms with Crippen molar-refractivity contribution in [1.29, 1.82) is 0 Å². The van der Waals surface area contributed by atoms with Gasteiger partial charge in [0.25, 0.3) is 0 Å². The number of halogens is 1. The van der Waals surface area contributed by atoms with Gasteiger partial charge < -0.3 is 14.5 Å². The van der Waals surface area contributed by atoms with Crippen LogP contribution in [0.2, 0.25) is 0 Å². The molecule has 2 rings (SSSR count). The largest absolute Gasteiger partial charge is 0.494 e. The van der Waals surface area contributed by atoms with Crippen LogP contribution in [0.5, 0.6) is 5.75 Å². The van der Waals surface area contributed by atoms with Gasteiger partial charge >= 0.3 is 0 Å². The molecule has 0 aliphatic heterocycles. The Labute approximate surface area is 98.4 Å². The lowest BCUT2D eigenvalue weighted by Gasteiger charge is -2.02. The van der Waals surface area contributed by atoms with Crippen LogP contribution in [0.3, 0.4) is 0 Å². The lowest BCUT2D eigenvalue weighted by molar-refractivity contribution is 0.386. The first kappa shape index (κ1) is 11.6. The minimum absolute atomic E-state index is 0.177. The van der Waals surface area contributed by atoms with Gasteiger partial charge in [0, 0.05) is 12.1 Å². The van der Waals surface area contributed by atoms with Crippen LogP contribution in [-0.2, 0) is 6.54 Å². The molecule has 0 radical (unpaired) electrons. The van der Waals surface area contributed by atoms with Crippen molar-refractivity contribution >= 4 is 0 Å². The van der Waals surface area contributed by atoms with E-state index in [1.165, 1.54) is 13.2 Å². The minimum atomic E-state index is -0.404. The first-order chi connectivity index (χ1) is 8.24. The van der Waals surface area contributed by atoms with Crippen molar-refractivity contribution in [2.45, 2.75) is 6.54 Å². The number of ether oxygens (including phenoxy) is 1. The molecule has 90 valence electrons. The fourth-order valence-electron chi connectivity index (χ4n) is 1.49. The zero-order chi connectivity index (χ0) is 12.3. The number of benzene rings is 1. The molecule has 0 fully saturated rings. The maximum Gasteiger partial charge on any atom is 0.226 e. The van der Waals surface area contributed by atoms with E-state index in [0.717, 1.165) is 5.69 Å². The van der Waals surface area contributed by atoms with Crippen LogP contribution < -0.4 is 10.1 Å². The smallest absolute Gasteiger partial charge is 0.226 e. The molecule has 0 atom stereocenters. The summed E-state index contributed by atoms with van der Waals surface area (Å²) in [6, 6.07) is 4.49. The van der Waals surface area contributed by atoms with Crippen molar-refractivity contribution in [3.8, 4) is 17.2 Å². The third-order valence-corrected chi connectivity index (χ3v) is 2.31. The third-order valence-electron chi connectivity index (χ3n) is 2.31. The maximum atomic E-state index is 13.2. The van der Waals surface area contributed by atoms with Gasteiger partial charge in [-0.05, 0) is 25.2 Å². The average molecular weight is 236 g/mol. The molecule has 1 heterocycles. The molecule has 17 heavy (non-hydrogen) atoms. The highest BCUT2D eigenvalue weighted by Crippen LogP contribution is 2.25. The molecule has 0 unspecified atom stereocenters. The van der Waals surface area contributed by atoms with Gasteiger partial charge in [0.15, 0.2) is 11.6 Å². The van der Waals surface area contributed by atoms with Gasteiger partial charge in [-0.2, -0.15) is 0 Å². The molecule has 1 N–H and O–H groups in total. The fraction of sp³-hybridized carbons (Fsp3) is 0.250. The normalized spacial score (nSPS) is 10.5. The molecular formula is C12H13FN2O2. The van der Waals surface area contributed by atoms with E-state index in [4.69, 9.17) is 9.15 Å². The molecule has 4 nitrogen and oxygen atoms in total. The SMILES string of the molecule is CNCc1coc(-c2ccc(F)c(OC)c2)n1. The fourth-order valence-corrected chi connectivity index (χ4v) is 1.49. The van der Waals surface area contributed by atoms with E-state index in [1.54, 1.807) is 18.4 Å². The first-order valence-electron chi connectivity index (χ1n) is 5.17. The Morgan fingerprint density at radius 3 is 3.00 bits per heavy atom. The zero-order valence-electron chi connectivity index (χ0n) is 9.66. The van der Waals surface area contributed by atoms with Crippen LogP contribution in [0.4, 0.5) is 4.39 Å². The predicted octanol–water partition coefficient (Wildman–Crippen LogP) is 2.21. The highest BCUT2D eigenvalue weighted by Gasteiger charge is 2.10. The lowest BCUT2D eigenvalue weighted by atomic mass is 10.2. The predicted molar refractivity (Wildman–Crippen MR) is 61.2 cm³/mol. The van der Waals surface area contributed by atoms with E-state index in [0.29, 0.717) is 18.0 Å². The summed E-state index contributed by atoms with van der Waals surface area (Å²) in [6.07, 6.45) is 1.57. The molecule has 1 aromatic carbocycles. The molecule has 0 aliphatic carbocycles. The van der Waals surface area contributed by atoms with Crippen molar-refractivity contribution < 1.29 is 13.5 Å². The monoisotopic (exact) mass is 236 g/mol. The van der Waals surface area contributed by atoms with Gasteiger partial charge in [0.2, 0.25) is 5.89 Å². The second-order valence-electron chi connectivity index (χ2n) is 3.52. The van der Waals surface area contributed by atoms with Crippen LogP contribution in [0.25, 0.3) is 11.5 Å².